The fourth-order valence-electron chi connectivity index (χ4n) is 3.18. The molecular weight excluding hydrogens is 350 g/mol. The number of urea groups is 1. The highest BCUT2D eigenvalue weighted by Gasteiger charge is 2.35. The Kier molecular flexibility index (Phi) is 5.18. The quantitative estimate of drug-likeness (QED) is 0.859. The normalized spacial score (nSPS) is 17.4. The van der Waals surface area contributed by atoms with Gasteiger partial charge in [0.15, 0.2) is 0 Å². The van der Waals surface area contributed by atoms with Gasteiger partial charge in [0.2, 0.25) is 5.91 Å². The average Bonchev–Trinajstić information content (AvgIpc) is 2.60. The number of carbonyl (C=O) groups is 2. The van der Waals surface area contributed by atoms with Crippen molar-refractivity contribution in [2.45, 2.75) is 26.8 Å². The molecule has 136 valence electrons. The van der Waals surface area contributed by atoms with E-state index in [1.54, 1.807) is 41.0 Å². The van der Waals surface area contributed by atoms with E-state index in [0.29, 0.717) is 23.8 Å². The lowest BCUT2D eigenvalue weighted by Crippen LogP contribution is -2.58. The third-order valence-electron chi connectivity index (χ3n) is 4.86. The zero-order valence-electron chi connectivity index (χ0n) is 15.1. The van der Waals surface area contributed by atoms with Crippen LogP contribution < -0.4 is 10.2 Å². The first-order valence-corrected chi connectivity index (χ1v) is 8.97. The second kappa shape index (κ2) is 7.38. The Morgan fingerprint density at radius 1 is 1.15 bits per heavy atom. The summed E-state index contributed by atoms with van der Waals surface area (Å²) in [6, 6.07) is 12.1. The van der Waals surface area contributed by atoms with Crippen molar-refractivity contribution in [1.82, 2.24) is 4.90 Å². The van der Waals surface area contributed by atoms with E-state index in [1.807, 2.05) is 32.0 Å². The molecule has 6 heteroatoms. The molecule has 0 aliphatic carbocycles. The van der Waals surface area contributed by atoms with E-state index in [1.165, 1.54) is 0 Å². The molecule has 1 aliphatic heterocycles. The molecule has 5 nitrogen and oxygen atoms in total. The van der Waals surface area contributed by atoms with Crippen LogP contribution in [0.5, 0.6) is 0 Å². The number of aryl methyl sites for hydroxylation is 1. The van der Waals surface area contributed by atoms with E-state index in [2.05, 4.69) is 5.32 Å². The fraction of sp³-hybridized carbons (Fsp3) is 0.300. The minimum absolute atomic E-state index is 0.0776. The zero-order chi connectivity index (χ0) is 18.8. The van der Waals surface area contributed by atoms with Crippen molar-refractivity contribution in [2.24, 2.45) is 0 Å². The van der Waals surface area contributed by atoms with Gasteiger partial charge < -0.3 is 15.1 Å². The van der Waals surface area contributed by atoms with Crippen LogP contribution in [0.15, 0.2) is 42.5 Å². The van der Waals surface area contributed by atoms with Crippen molar-refractivity contribution >= 4 is 34.9 Å². The van der Waals surface area contributed by atoms with E-state index in [9.17, 15) is 9.59 Å². The van der Waals surface area contributed by atoms with Gasteiger partial charge in [-0.25, -0.2) is 4.79 Å². The molecular formula is C20H22ClN3O2. The SMILES string of the molecule is Cc1cccc(N2CCN(C(=O)Nc3cccc(Cl)c3)C(C)C2=O)c1C. The standard InChI is InChI=1S/C20H22ClN3O2/c1-13-6-4-9-18(14(13)2)24-11-10-23(15(3)19(24)25)20(26)22-17-8-5-7-16(21)12-17/h4-9,12,15H,10-11H2,1-3H3,(H,22,26). The van der Waals surface area contributed by atoms with E-state index < -0.39 is 6.04 Å². The Morgan fingerprint density at radius 3 is 2.62 bits per heavy atom. The van der Waals surface area contributed by atoms with Crippen LogP contribution in [0.3, 0.4) is 0 Å². The first kappa shape index (κ1) is 18.3. The number of piperazine rings is 1. The molecule has 0 spiro atoms. The van der Waals surface area contributed by atoms with Crippen LogP contribution in [0, 0.1) is 13.8 Å². The average molecular weight is 372 g/mol. The Labute approximate surface area is 158 Å². The van der Waals surface area contributed by atoms with Gasteiger partial charge in [-0.1, -0.05) is 29.8 Å². The number of benzene rings is 2. The van der Waals surface area contributed by atoms with Crippen LogP contribution >= 0.6 is 11.6 Å². The molecule has 1 aliphatic rings. The molecule has 26 heavy (non-hydrogen) atoms. The summed E-state index contributed by atoms with van der Waals surface area (Å²) >= 11 is 5.95. The van der Waals surface area contributed by atoms with Crippen LogP contribution in [0.1, 0.15) is 18.1 Å². The number of hydrogen-bond donors (Lipinski definition) is 1. The molecule has 2 aromatic carbocycles. The molecule has 0 bridgehead atoms. The minimum Gasteiger partial charge on any atom is -0.311 e. The molecule has 1 unspecified atom stereocenters. The van der Waals surface area contributed by atoms with Gasteiger partial charge in [0.05, 0.1) is 0 Å². The van der Waals surface area contributed by atoms with Gasteiger partial charge in [-0.3, -0.25) is 4.79 Å². The number of nitrogens with one attached hydrogen (secondary N) is 1. The topological polar surface area (TPSA) is 52.6 Å². The number of carbonyl (C=O) groups excluding carboxylic acids is 2. The monoisotopic (exact) mass is 371 g/mol. The maximum Gasteiger partial charge on any atom is 0.322 e. The predicted molar refractivity (Wildman–Crippen MR) is 105 cm³/mol. The van der Waals surface area contributed by atoms with Gasteiger partial charge in [-0.05, 0) is 56.2 Å². The summed E-state index contributed by atoms with van der Waals surface area (Å²) in [5.74, 6) is -0.0776. The lowest BCUT2D eigenvalue weighted by Gasteiger charge is -2.39. The van der Waals surface area contributed by atoms with Crippen molar-refractivity contribution < 1.29 is 9.59 Å². The van der Waals surface area contributed by atoms with E-state index >= 15 is 0 Å². The fourth-order valence-corrected chi connectivity index (χ4v) is 3.37. The summed E-state index contributed by atoms with van der Waals surface area (Å²) < 4.78 is 0. The van der Waals surface area contributed by atoms with E-state index in [4.69, 9.17) is 11.6 Å². The molecule has 1 N–H and O–H groups in total. The summed E-state index contributed by atoms with van der Waals surface area (Å²) in [6.45, 7) is 6.74. The molecule has 3 rings (SSSR count). The summed E-state index contributed by atoms with van der Waals surface area (Å²) in [4.78, 5) is 28.8. The number of anilines is 2. The number of halogens is 1. The summed E-state index contributed by atoms with van der Waals surface area (Å²) in [5, 5.41) is 3.36. The highest BCUT2D eigenvalue weighted by atomic mass is 35.5. The first-order valence-electron chi connectivity index (χ1n) is 8.59. The van der Waals surface area contributed by atoms with Crippen molar-refractivity contribution in [3.8, 4) is 0 Å². The zero-order valence-corrected chi connectivity index (χ0v) is 15.9. The van der Waals surface area contributed by atoms with Crippen LogP contribution in [0.4, 0.5) is 16.2 Å². The van der Waals surface area contributed by atoms with E-state index in [-0.39, 0.29) is 11.9 Å². The van der Waals surface area contributed by atoms with Crippen LogP contribution in [0.25, 0.3) is 0 Å². The smallest absolute Gasteiger partial charge is 0.311 e. The summed E-state index contributed by atoms with van der Waals surface area (Å²) in [6.07, 6.45) is 0. The number of hydrogen-bond acceptors (Lipinski definition) is 2. The van der Waals surface area contributed by atoms with Crippen molar-refractivity contribution in [1.29, 1.82) is 0 Å². The Balaban J connectivity index is 1.75. The number of amides is 3. The van der Waals surface area contributed by atoms with Gasteiger partial charge in [-0.2, -0.15) is 0 Å². The van der Waals surface area contributed by atoms with Crippen molar-refractivity contribution in [3.63, 3.8) is 0 Å². The van der Waals surface area contributed by atoms with E-state index in [0.717, 1.165) is 16.8 Å². The predicted octanol–water partition coefficient (Wildman–Crippen LogP) is 4.23. The Hall–Kier alpha value is -2.53. The summed E-state index contributed by atoms with van der Waals surface area (Å²) in [5.41, 5.74) is 3.75. The van der Waals surface area contributed by atoms with Gasteiger partial charge in [0.1, 0.15) is 6.04 Å². The van der Waals surface area contributed by atoms with Gasteiger partial charge in [0.25, 0.3) is 0 Å². The number of nitrogens with zero attached hydrogens (tertiary/aromatic N) is 2. The van der Waals surface area contributed by atoms with Crippen LogP contribution in [-0.2, 0) is 4.79 Å². The van der Waals surface area contributed by atoms with Crippen LogP contribution in [-0.4, -0.2) is 36.0 Å². The molecule has 3 amide bonds. The molecule has 1 saturated heterocycles. The third kappa shape index (κ3) is 3.53. The highest BCUT2D eigenvalue weighted by molar-refractivity contribution is 6.30. The lowest BCUT2D eigenvalue weighted by atomic mass is 10.1. The van der Waals surface area contributed by atoms with Crippen molar-refractivity contribution in [2.75, 3.05) is 23.3 Å². The maximum atomic E-state index is 12.9. The second-order valence-corrected chi connectivity index (χ2v) is 6.96. The molecule has 0 saturated carbocycles. The maximum absolute atomic E-state index is 12.9. The number of rotatable bonds is 2. The Morgan fingerprint density at radius 2 is 1.88 bits per heavy atom. The third-order valence-corrected chi connectivity index (χ3v) is 5.09. The molecule has 1 atom stereocenters. The molecule has 1 heterocycles. The van der Waals surface area contributed by atoms with Gasteiger partial charge >= 0.3 is 6.03 Å². The molecule has 2 aromatic rings. The van der Waals surface area contributed by atoms with Crippen molar-refractivity contribution in [3.05, 3.63) is 58.6 Å². The Bertz CT molecular complexity index is 853. The van der Waals surface area contributed by atoms with Gasteiger partial charge in [-0.15, -0.1) is 0 Å². The molecule has 1 fully saturated rings. The van der Waals surface area contributed by atoms with Crippen LogP contribution in [0.2, 0.25) is 5.02 Å². The second-order valence-electron chi connectivity index (χ2n) is 6.52. The molecule has 0 aromatic heterocycles. The minimum atomic E-state index is -0.539. The van der Waals surface area contributed by atoms with Gasteiger partial charge in [0, 0.05) is 29.5 Å². The first-order chi connectivity index (χ1) is 12.4. The summed E-state index contributed by atoms with van der Waals surface area (Å²) in [7, 11) is 0. The highest BCUT2D eigenvalue weighted by Crippen LogP contribution is 2.26. The largest absolute Gasteiger partial charge is 0.322 e. The molecule has 0 radical (unpaired) electrons. The lowest BCUT2D eigenvalue weighted by molar-refractivity contribution is -0.123.